The van der Waals surface area contributed by atoms with Crippen molar-refractivity contribution in [2.45, 2.75) is 6.18 Å². The van der Waals surface area contributed by atoms with Gasteiger partial charge in [-0.25, -0.2) is 13.6 Å². The fourth-order valence-electron chi connectivity index (χ4n) is 2.85. The first-order valence-electron chi connectivity index (χ1n) is 8.18. The molecule has 9 heteroatoms. The Labute approximate surface area is 152 Å². The summed E-state index contributed by atoms with van der Waals surface area (Å²) in [6.07, 6.45) is -4.43. The Kier molecular flexibility index (Phi) is 5.20. The van der Waals surface area contributed by atoms with E-state index in [1.54, 1.807) is 11.0 Å². The van der Waals surface area contributed by atoms with Crippen LogP contribution in [0.4, 0.5) is 38.1 Å². The number of halogens is 5. The number of urea groups is 1. The molecule has 3 rings (SSSR count). The average molecular weight is 385 g/mol. The minimum atomic E-state index is -4.43. The van der Waals surface area contributed by atoms with Crippen LogP contribution in [-0.4, -0.2) is 37.1 Å². The zero-order valence-electron chi connectivity index (χ0n) is 14.1. The molecule has 0 aromatic heterocycles. The maximum absolute atomic E-state index is 13.6. The highest BCUT2D eigenvalue weighted by atomic mass is 19.4. The molecular formula is C18H16F5N3O. The molecule has 0 saturated carbocycles. The van der Waals surface area contributed by atoms with E-state index in [1.165, 1.54) is 17.0 Å². The van der Waals surface area contributed by atoms with Crippen molar-refractivity contribution in [3.63, 3.8) is 0 Å². The van der Waals surface area contributed by atoms with E-state index in [4.69, 9.17) is 0 Å². The Balaban J connectivity index is 1.63. The molecule has 144 valence electrons. The summed E-state index contributed by atoms with van der Waals surface area (Å²) in [5, 5.41) is 2.20. The van der Waals surface area contributed by atoms with E-state index in [2.05, 4.69) is 5.32 Å². The van der Waals surface area contributed by atoms with E-state index in [1.807, 2.05) is 0 Å². The van der Waals surface area contributed by atoms with Gasteiger partial charge in [-0.1, -0.05) is 12.1 Å². The Bertz CT molecular complexity index is 812. The topological polar surface area (TPSA) is 35.6 Å². The van der Waals surface area contributed by atoms with Crippen molar-refractivity contribution in [1.29, 1.82) is 0 Å². The van der Waals surface area contributed by atoms with E-state index in [-0.39, 0.29) is 13.1 Å². The van der Waals surface area contributed by atoms with Crippen LogP contribution in [0.1, 0.15) is 5.56 Å². The predicted octanol–water partition coefficient (Wildman–Crippen LogP) is 4.34. The molecule has 1 N–H and O–H groups in total. The number of nitrogens with zero attached hydrogens (tertiary/aromatic N) is 2. The summed E-state index contributed by atoms with van der Waals surface area (Å²) in [6.45, 7) is 1.01. The van der Waals surface area contributed by atoms with Crippen molar-refractivity contribution < 1.29 is 26.7 Å². The summed E-state index contributed by atoms with van der Waals surface area (Å²) < 4.78 is 65.7. The summed E-state index contributed by atoms with van der Waals surface area (Å²) >= 11 is 0. The lowest BCUT2D eigenvalue weighted by molar-refractivity contribution is -0.137. The SMILES string of the molecule is O=C(Nc1c(F)cccc1F)N1CCN(c2cccc(C(F)(F)F)c2)CC1. The van der Waals surface area contributed by atoms with Gasteiger partial charge in [-0.15, -0.1) is 0 Å². The molecule has 0 aliphatic carbocycles. The van der Waals surface area contributed by atoms with Crippen LogP contribution < -0.4 is 10.2 Å². The molecule has 1 aliphatic heterocycles. The third-order valence-electron chi connectivity index (χ3n) is 4.30. The fourth-order valence-corrected chi connectivity index (χ4v) is 2.85. The number of nitrogens with one attached hydrogen (secondary N) is 1. The highest BCUT2D eigenvalue weighted by Gasteiger charge is 2.31. The van der Waals surface area contributed by atoms with Gasteiger partial charge in [0.05, 0.1) is 5.56 Å². The maximum atomic E-state index is 13.6. The average Bonchev–Trinajstić information content (AvgIpc) is 2.64. The standard InChI is InChI=1S/C18H16F5N3O/c19-14-5-2-6-15(20)16(14)24-17(27)26-9-7-25(8-10-26)13-4-1-3-12(11-13)18(21,22)23/h1-6,11H,7-10H2,(H,24,27). The number of amides is 2. The molecular weight excluding hydrogens is 369 g/mol. The highest BCUT2D eigenvalue weighted by molar-refractivity contribution is 5.89. The van der Waals surface area contributed by atoms with E-state index >= 15 is 0 Å². The quantitative estimate of drug-likeness (QED) is 0.781. The lowest BCUT2D eigenvalue weighted by atomic mass is 10.1. The van der Waals surface area contributed by atoms with E-state index in [0.29, 0.717) is 18.8 Å². The number of hydrogen-bond donors (Lipinski definition) is 1. The molecule has 2 aromatic rings. The monoisotopic (exact) mass is 385 g/mol. The van der Waals surface area contributed by atoms with Gasteiger partial charge in [0.15, 0.2) is 0 Å². The van der Waals surface area contributed by atoms with Gasteiger partial charge in [0.2, 0.25) is 0 Å². The highest BCUT2D eigenvalue weighted by Crippen LogP contribution is 2.32. The van der Waals surface area contributed by atoms with Crippen molar-refractivity contribution >= 4 is 17.4 Å². The smallest absolute Gasteiger partial charge is 0.368 e. The molecule has 4 nitrogen and oxygen atoms in total. The predicted molar refractivity (Wildman–Crippen MR) is 90.6 cm³/mol. The maximum Gasteiger partial charge on any atom is 0.416 e. The number of hydrogen-bond acceptors (Lipinski definition) is 2. The molecule has 0 atom stereocenters. The van der Waals surface area contributed by atoms with Gasteiger partial charge in [0.1, 0.15) is 17.3 Å². The van der Waals surface area contributed by atoms with Crippen LogP contribution in [0.3, 0.4) is 0 Å². The second kappa shape index (κ2) is 7.42. The van der Waals surface area contributed by atoms with E-state index in [0.717, 1.165) is 24.3 Å². The molecule has 1 heterocycles. The van der Waals surface area contributed by atoms with Crippen LogP contribution in [0.25, 0.3) is 0 Å². The van der Waals surface area contributed by atoms with Crippen molar-refractivity contribution in [2.24, 2.45) is 0 Å². The first-order chi connectivity index (χ1) is 12.8. The van der Waals surface area contributed by atoms with Crippen LogP contribution in [0.15, 0.2) is 42.5 Å². The van der Waals surface area contributed by atoms with Gasteiger partial charge in [-0.05, 0) is 30.3 Å². The number of rotatable bonds is 2. The molecule has 0 spiro atoms. The Morgan fingerprint density at radius 2 is 1.52 bits per heavy atom. The van der Waals surface area contributed by atoms with Gasteiger partial charge in [0.25, 0.3) is 0 Å². The number of benzene rings is 2. The Hall–Kier alpha value is -2.84. The zero-order chi connectivity index (χ0) is 19.6. The summed E-state index contributed by atoms with van der Waals surface area (Å²) in [5.74, 6) is -1.77. The first kappa shape index (κ1) is 18.9. The normalized spacial score (nSPS) is 15.0. The van der Waals surface area contributed by atoms with Crippen molar-refractivity contribution in [1.82, 2.24) is 4.90 Å². The van der Waals surface area contributed by atoms with Crippen LogP contribution in [0, 0.1) is 11.6 Å². The number of carbonyl (C=O) groups excluding carboxylic acids is 1. The van der Waals surface area contributed by atoms with Crippen LogP contribution in [0.5, 0.6) is 0 Å². The molecule has 27 heavy (non-hydrogen) atoms. The summed E-state index contributed by atoms with van der Waals surface area (Å²) in [6, 6.07) is 7.55. The Morgan fingerprint density at radius 1 is 0.926 bits per heavy atom. The third kappa shape index (κ3) is 4.29. The van der Waals surface area contributed by atoms with Gasteiger partial charge in [-0.3, -0.25) is 0 Å². The van der Waals surface area contributed by atoms with Gasteiger partial charge < -0.3 is 15.1 Å². The lowest BCUT2D eigenvalue weighted by Crippen LogP contribution is -2.50. The van der Waals surface area contributed by atoms with Gasteiger partial charge in [0, 0.05) is 31.9 Å². The summed E-state index contributed by atoms with van der Waals surface area (Å²) in [7, 11) is 0. The summed E-state index contributed by atoms with van der Waals surface area (Å²) in [5.41, 5.74) is -0.858. The van der Waals surface area contributed by atoms with Crippen molar-refractivity contribution in [3.8, 4) is 0 Å². The fraction of sp³-hybridized carbons (Fsp3) is 0.278. The van der Waals surface area contributed by atoms with E-state index in [9.17, 15) is 26.7 Å². The molecule has 2 amide bonds. The summed E-state index contributed by atoms with van der Waals surface area (Å²) in [4.78, 5) is 15.3. The molecule has 1 fully saturated rings. The van der Waals surface area contributed by atoms with Crippen molar-refractivity contribution in [2.75, 3.05) is 36.4 Å². The molecule has 2 aromatic carbocycles. The van der Waals surface area contributed by atoms with Crippen molar-refractivity contribution in [3.05, 3.63) is 59.7 Å². The molecule has 1 aliphatic rings. The number of alkyl halides is 3. The number of para-hydroxylation sites is 1. The first-order valence-corrected chi connectivity index (χ1v) is 8.18. The van der Waals surface area contributed by atoms with Gasteiger partial charge >= 0.3 is 12.2 Å². The molecule has 0 bridgehead atoms. The number of anilines is 2. The molecule has 0 radical (unpaired) electrons. The second-order valence-electron chi connectivity index (χ2n) is 6.05. The minimum absolute atomic E-state index is 0.206. The minimum Gasteiger partial charge on any atom is -0.368 e. The Morgan fingerprint density at radius 3 is 2.11 bits per heavy atom. The van der Waals surface area contributed by atoms with Crippen LogP contribution >= 0.6 is 0 Å². The van der Waals surface area contributed by atoms with E-state index < -0.39 is 35.1 Å². The van der Waals surface area contributed by atoms with Gasteiger partial charge in [-0.2, -0.15) is 13.2 Å². The number of carbonyl (C=O) groups is 1. The zero-order valence-corrected chi connectivity index (χ0v) is 14.1. The molecule has 0 unspecified atom stereocenters. The number of piperazine rings is 1. The van der Waals surface area contributed by atoms with Crippen LogP contribution in [-0.2, 0) is 6.18 Å². The molecule has 1 saturated heterocycles. The lowest BCUT2D eigenvalue weighted by Gasteiger charge is -2.36. The third-order valence-corrected chi connectivity index (χ3v) is 4.30. The second-order valence-corrected chi connectivity index (χ2v) is 6.05. The largest absolute Gasteiger partial charge is 0.416 e. The van der Waals surface area contributed by atoms with Crippen LogP contribution in [0.2, 0.25) is 0 Å².